The third kappa shape index (κ3) is 1.15. The average molecular weight is 148 g/mol. The fourth-order valence-electron chi connectivity index (χ4n) is 1.89. The second-order valence-corrected chi connectivity index (χ2v) is 3.25. The summed E-state index contributed by atoms with van der Waals surface area (Å²) in [4.78, 5) is 11.3. The summed E-state index contributed by atoms with van der Waals surface area (Å²) in [5.41, 5.74) is 1.08. The summed E-state index contributed by atoms with van der Waals surface area (Å²) < 4.78 is 0. The van der Waals surface area contributed by atoms with Crippen LogP contribution in [0.25, 0.3) is 0 Å². The molecule has 0 N–H and O–H groups in total. The third-order valence-electron chi connectivity index (χ3n) is 2.48. The standard InChI is InChI=1S/C10H12O/c11-10-7-3-5-8-4-1-2-6-9(8)10/h1,4,6,8H,2-3,5,7H2. The van der Waals surface area contributed by atoms with E-state index >= 15 is 0 Å². The van der Waals surface area contributed by atoms with Crippen LogP contribution in [0, 0.1) is 5.92 Å². The molecular weight excluding hydrogens is 136 g/mol. The summed E-state index contributed by atoms with van der Waals surface area (Å²) in [6.45, 7) is 0. The van der Waals surface area contributed by atoms with Crippen molar-refractivity contribution in [2.75, 3.05) is 0 Å². The van der Waals surface area contributed by atoms with Crippen molar-refractivity contribution in [3.63, 3.8) is 0 Å². The Morgan fingerprint density at radius 3 is 3.18 bits per heavy atom. The maximum atomic E-state index is 11.3. The van der Waals surface area contributed by atoms with E-state index in [0.717, 1.165) is 24.8 Å². The fraction of sp³-hybridized carbons (Fsp3) is 0.500. The van der Waals surface area contributed by atoms with Gasteiger partial charge in [-0.15, -0.1) is 0 Å². The van der Waals surface area contributed by atoms with Crippen molar-refractivity contribution >= 4 is 5.78 Å². The molecule has 1 nitrogen and oxygen atoms in total. The lowest BCUT2D eigenvalue weighted by molar-refractivity contribution is -0.116. The molecule has 2 rings (SSSR count). The average Bonchev–Trinajstić information content (AvgIpc) is 2.06. The third-order valence-corrected chi connectivity index (χ3v) is 2.48. The molecule has 11 heavy (non-hydrogen) atoms. The van der Waals surface area contributed by atoms with E-state index < -0.39 is 0 Å². The van der Waals surface area contributed by atoms with Crippen molar-refractivity contribution in [3.05, 3.63) is 23.8 Å². The van der Waals surface area contributed by atoms with E-state index in [4.69, 9.17) is 0 Å². The Bertz CT molecular complexity index is 235. The van der Waals surface area contributed by atoms with E-state index in [1.165, 1.54) is 6.42 Å². The first-order valence-corrected chi connectivity index (χ1v) is 4.28. The van der Waals surface area contributed by atoms with E-state index in [1.54, 1.807) is 0 Å². The molecule has 0 amide bonds. The van der Waals surface area contributed by atoms with E-state index in [0.29, 0.717) is 11.7 Å². The first kappa shape index (κ1) is 6.84. The van der Waals surface area contributed by atoms with Crippen LogP contribution in [0.4, 0.5) is 0 Å². The second-order valence-electron chi connectivity index (χ2n) is 3.25. The van der Waals surface area contributed by atoms with Crippen LogP contribution in [0.3, 0.4) is 0 Å². The SMILES string of the molecule is O=C1CCCC2C=CCC=C12. The normalized spacial score (nSPS) is 29.6. The monoisotopic (exact) mass is 148 g/mol. The van der Waals surface area contributed by atoms with Gasteiger partial charge in [-0.05, 0) is 24.8 Å². The minimum Gasteiger partial charge on any atom is -0.295 e. The van der Waals surface area contributed by atoms with Crippen LogP contribution in [0.5, 0.6) is 0 Å². The number of carbonyl (C=O) groups excluding carboxylic acids is 1. The number of allylic oxidation sites excluding steroid dienone is 4. The van der Waals surface area contributed by atoms with Gasteiger partial charge in [0.05, 0.1) is 0 Å². The van der Waals surface area contributed by atoms with Crippen LogP contribution in [-0.2, 0) is 4.79 Å². The number of rotatable bonds is 0. The molecule has 0 aliphatic heterocycles. The lowest BCUT2D eigenvalue weighted by atomic mass is 9.80. The molecule has 58 valence electrons. The zero-order chi connectivity index (χ0) is 7.68. The molecule has 0 aromatic rings. The molecule has 0 aromatic carbocycles. The van der Waals surface area contributed by atoms with Crippen molar-refractivity contribution in [1.82, 2.24) is 0 Å². The predicted molar refractivity (Wildman–Crippen MR) is 44.2 cm³/mol. The second kappa shape index (κ2) is 2.65. The molecule has 2 aliphatic rings. The molecule has 0 heterocycles. The van der Waals surface area contributed by atoms with Crippen LogP contribution in [0.1, 0.15) is 25.7 Å². The van der Waals surface area contributed by atoms with E-state index in [2.05, 4.69) is 18.2 Å². The first-order chi connectivity index (χ1) is 5.38. The quantitative estimate of drug-likeness (QED) is 0.481. The highest BCUT2D eigenvalue weighted by molar-refractivity contribution is 5.97. The summed E-state index contributed by atoms with van der Waals surface area (Å²) >= 11 is 0. The highest BCUT2D eigenvalue weighted by atomic mass is 16.1. The van der Waals surface area contributed by atoms with Crippen molar-refractivity contribution in [1.29, 1.82) is 0 Å². The van der Waals surface area contributed by atoms with E-state index in [9.17, 15) is 4.79 Å². The Balaban J connectivity index is 2.25. The summed E-state index contributed by atoms with van der Waals surface area (Å²) in [6, 6.07) is 0. The minimum atomic E-state index is 0.380. The van der Waals surface area contributed by atoms with Gasteiger partial charge in [-0.3, -0.25) is 4.79 Å². The molecule has 0 radical (unpaired) electrons. The van der Waals surface area contributed by atoms with Gasteiger partial charge in [0.15, 0.2) is 5.78 Å². The number of hydrogen-bond acceptors (Lipinski definition) is 1. The van der Waals surface area contributed by atoms with Gasteiger partial charge in [0.2, 0.25) is 0 Å². The number of hydrogen-bond donors (Lipinski definition) is 0. The molecular formula is C10H12O. The molecule has 1 unspecified atom stereocenters. The maximum Gasteiger partial charge on any atom is 0.159 e. The number of fused-ring (bicyclic) bond motifs is 1. The Labute approximate surface area is 66.8 Å². The molecule has 1 heteroatoms. The highest BCUT2D eigenvalue weighted by Gasteiger charge is 2.24. The zero-order valence-electron chi connectivity index (χ0n) is 6.55. The smallest absolute Gasteiger partial charge is 0.159 e. The summed E-state index contributed by atoms with van der Waals surface area (Å²) in [5, 5.41) is 0. The number of carbonyl (C=O) groups is 1. The molecule has 1 atom stereocenters. The van der Waals surface area contributed by atoms with Crippen molar-refractivity contribution < 1.29 is 4.79 Å². The molecule has 1 saturated carbocycles. The Morgan fingerprint density at radius 1 is 1.45 bits per heavy atom. The van der Waals surface area contributed by atoms with E-state index in [-0.39, 0.29) is 0 Å². The Hall–Kier alpha value is -0.850. The van der Waals surface area contributed by atoms with Crippen LogP contribution < -0.4 is 0 Å². The highest BCUT2D eigenvalue weighted by Crippen LogP contribution is 2.30. The van der Waals surface area contributed by atoms with Gasteiger partial charge in [0.1, 0.15) is 0 Å². The molecule has 1 fully saturated rings. The van der Waals surface area contributed by atoms with Crippen LogP contribution in [0.2, 0.25) is 0 Å². The number of ketones is 1. The predicted octanol–water partition coefficient (Wildman–Crippen LogP) is 2.24. The van der Waals surface area contributed by atoms with Crippen LogP contribution in [0.15, 0.2) is 23.8 Å². The van der Waals surface area contributed by atoms with Gasteiger partial charge in [0, 0.05) is 12.3 Å². The molecule has 0 aromatic heterocycles. The summed E-state index contributed by atoms with van der Waals surface area (Å²) in [5.74, 6) is 0.843. The lowest BCUT2D eigenvalue weighted by Gasteiger charge is -2.23. The molecule has 0 bridgehead atoms. The van der Waals surface area contributed by atoms with Gasteiger partial charge in [-0.2, -0.15) is 0 Å². The largest absolute Gasteiger partial charge is 0.295 e. The van der Waals surface area contributed by atoms with Crippen LogP contribution in [-0.4, -0.2) is 5.78 Å². The Morgan fingerprint density at radius 2 is 2.36 bits per heavy atom. The van der Waals surface area contributed by atoms with Crippen molar-refractivity contribution in [2.45, 2.75) is 25.7 Å². The summed E-state index contributed by atoms with van der Waals surface area (Å²) in [6.07, 6.45) is 10.4. The van der Waals surface area contributed by atoms with Crippen LogP contribution >= 0.6 is 0 Å². The van der Waals surface area contributed by atoms with Gasteiger partial charge in [0.25, 0.3) is 0 Å². The summed E-state index contributed by atoms with van der Waals surface area (Å²) in [7, 11) is 0. The topological polar surface area (TPSA) is 17.1 Å². The van der Waals surface area contributed by atoms with Gasteiger partial charge >= 0.3 is 0 Å². The minimum absolute atomic E-state index is 0.380. The molecule has 2 aliphatic carbocycles. The first-order valence-electron chi connectivity index (χ1n) is 4.28. The molecule has 0 saturated heterocycles. The molecule has 0 spiro atoms. The van der Waals surface area contributed by atoms with Crippen molar-refractivity contribution in [2.24, 2.45) is 5.92 Å². The van der Waals surface area contributed by atoms with Gasteiger partial charge in [-0.1, -0.05) is 18.2 Å². The lowest BCUT2D eigenvalue weighted by Crippen LogP contribution is -2.18. The maximum absolute atomic E-state index is 11.3. The van der Waals surface area contributed by atoms with Crippen molar-refractivity contribution in [3.8, 4) is 0 Å². The Kier molecular flexibility index (Phi) is 1.65. The fourth-order valence-corrected chi connectivity index (χ4v) is 1.89. The zero-order valence-corrected chi connectivity index (χ0v) is 6.55. The van der Waals surface area contributed by atoms with Gasteiger partial charge in [-0.25, -0.2) is 0 Å². The van der Waals surface area contributed by atoms with E-state index in [1.807, 2.05) is 0 Å². The van der Waals surface area contributed by atoms with Gasteiger partial charge < -0.3 is 0 Å². The number of Topliss-reactive ketones (excluding diaryl/α,β-unsaturated/α-hetero) is 1.